The van der Waals surface area contributed by atoms with Crippen LogP contribution < -0.4 is 4.74 Å². The Morgan fingerprint density at radius 2 is 2.06 bits per heavy atom. The molecule has 3 heteroatoms. The van der Waals surface area contributed by atoms with Gasteiger partial charge in [0.15, 0.2) is 0 Å². The highest BCUT2D eigenvalue weighted by Crippen LogP contribution is 2.24. The lowest BCUT2D eigenvalue weighted by atomic mass is 9.99. The van der Waals surface area contributed by atoms with Crippen molar-refractivity contribution in [1.29, 1.82) is 0 Å². The van der Waals surface area contributed by atoms with Crippen molar-refractivity contribution >= 4 is 5.97 Å². The number of ether oxygens (including phenoxy) is 2. The molecule has 1 aromatic carbocycles. The number of esters is 1. The van der Waals surface area contributed by atoms with E-state index in [9.17, 15) is 4.79 Å². The summed E-state index contributed by atoms with van der Waals surface area (Å²) in [5.74, 6) is 0.955. The number of hydrogen-bond acceptors (Lipinski definition) is 3. The normalized spacial score (nSPS) is 10.4. The average molecular weight is 236 g/mol. The quantitative estimate of drug-likeness (QED) is 0.737. The highest BCUT2D eigenvalue weighted by atomic mass is 16.5. The molecule has 0 aliphatic carbocycles. The Morgan fingerprint density at radius 1 is 1.35 bits per heavy atom. The van der Waals surface area contributed by atoms with E-state index in [2.05, 4.69) is 13.8 Å². The zero-order valence-electron chi connectivity index (χ0n) is 10.9. The number of carbonyl (C=O) groups excluding carboxylic acids is 1. The van der Waals surface area contributed by atoms with Crippen molar-refractivity contribution in [3.8, 4) is 5.75 Å². The van der Waals surface area contributed by atoms with E-state index in [0.717, 1.165) is 11.3 Å². The van der Waals surface area contributed by atoms with Crippen LogP contribution in [0.15, 0.2) is 18.2 Å². The summed E-state index contributed by atoms with van der Waals surface area (Å²) in [7, 11) is 1.61. The van der Waals surface area contributed by atoms with Crippen LogP contribution in [0.25, 0.3) is 0 Å². The van der Waals surface area contributed by atoms with Gasteiger partial charge in [-0.3, -0.25) is 4.79 Å². The number of methoxy groups -OCH3 is 1. The van der Waals surface area contributed by atoms with Crippen LogP contribution in [0.3, 0.4) is 0 Å². The minimum absolute atomic E-state index is 0.216. The van der Waals surface area contributed by atoms with Gasteiger partial charge in [-0.1, -0.05) is 26.0 Å². The monoisotopic (exact) mass is 236 g/mol. The fourth-order valence-corrected chi connectivity index (χ4v) is 1.66. The van der Waals surface area contributed by atoms with E-state index in [0.29, 0.717) is 12.5 Å². The molecule has 0 amide bonds. The van der Waals surface area contributed by atoms with Crippen molar-refractivity contribution < 1.29 is 14.3 Å². The fourth-order valence-electron chi connectivity index (χ4n) is 1.66. The van der Waals surface area contributed by atoms with Gasteiger partial charge in [0.1, 0.15) is 5.75 Å². The van der Waals surface area contributed by atoms with Gasteiger partial charge in [0.2, 0.25) is 0 Å². The lowest BCUT2D eigenvalue weighted by Gasteiger charge is -2.12. The molecule has 0 saturated heterocycles. The summed E-state index contributed by atoms with van der Waals surface area (Å²) >= 11 is 0. The van der Waals surface area contributed by atoms with Crippen LogP contribution in [0.4, 0.5) is 0 Å². The van der Waals surface area contributed by atoms with Crippen LogP contribution in [-0.2, 0) is 16.0 Å². The Hall–Kier alpha value is -1.51. The number of benzene rings is 1. The Bertz CT molecular complexity index is 383. The number of rotatable bonds is 5. The Morgan fingerprint density at radius 3 is 2.59 bits per heavy atom. The van der Waals surface area contributed by atoms with E-state index in [-0.39, 0.29) is 12.4 Å². The first kappa shape index (κ1) is 13.6. The van der Waals surface area contributed by atoms with E-state index in [4.69, 9.17) is 9.47 Å². The fraction of sp³-hybridized carbons (Fsp3) is 0.500. The Kier molecular flexibility index (Phi) is 5.01. The van der Waals surface area contributed by atoms with Crippen molar-refractivity contribution in [3.05, 3.63) is 29.3 Å². The molecule has 17 heavy (non-hydrogen) atoms. The van der Waals surface area contributed by atoms with Crippen molar-refractivity contribution in [3.63, 3.8) is 0 Å². The lowest BCUT2D eigenvalue weighted by Crippen LogP contribution is -2.09. The largest absolute Gasteiger partial charge is 0.496 e. The third kappa shape index (κ3) is 3.77. The molecule has 0 N–H and O–H groups in total. The van der Waals surface area contributed by atoms with E-state index in [1.165, 1.54) is 5.56 Å². The third-order valence-corrected chi connectivity index (χ3v) is 2.61. The second-order valence-corrected chi connectivity index (χ2v) is 4.21. The molecule has 0 aromatic heterocycles. The molecule has 0 fully saturated rings. The van der Waals surface area contributed by atoms with Gasteiger partial charge in [0, 0.05) is 5.56 Å². The first-order chi connectivity index (χ1) is 8.08. The van der Waals surface area contributed by atoms with Crippen molar-refractivity contribution in [2.45, 2.75) is 33.1 Å². The first-order valence-electron chi connectivity index (χ1n) is 5.90. The summed E-state index contributed by atoms with van der Waals surface area (Å²) < 4.78 is 10.2. The highest BCUT2D eigenvalue weighted by Gasteiger charge is 2.11. The van der Waals surface area contributed by atoms with Crippen molar-refractivity contribution in [2.24, 2.45) is 0 Å². The lowest BCUT2D eigenvalue weighted by molar-refractivity contribution is -0.142. The molecule has 1 aromatic rings. The van der Waals surface area contributed by atoms with E-state index in [1.807, 2.05) is 18.2 Å². The van der Waals surface area contributed by atoms with Gasteiger partial charge < -0.3 is 9.47 Å². The first-order valence-corrected chi connectivity index (χ1v) is 5.90. The minimum Gasteiger partial charge on any atom is -0.496 e. The summed E-state index contributed by atoms with van der Waals surface area (Å²) in [4.78, 5) is 11.5. The van der Waals surface area contributed by atoms with E-state index < -0.39 is 0 Å². The standard InChI is InChI=1S/C14H20O3/c1-5-17-14(15)9-12-8-11(10(2)3)6-7-13(12)16-4/h6-8,10H,5,9H2,1-4H3. The predicted octanol–water partition coefficient (Wildman–Crippen LogP) is 2.92. The molecule has 0 heterocycles. The summed E-state index contributed by atoms with van der Waals surface area (Å²) in [5, 5.41) is 0. The summed E-state index contributed by atoms with van der Waals surface area (Å²) in [6.45, 7) is 6.45. The number of carbonyl (C=O) groups is 1. The predicted molar refractivity (Wildman–Crippen MR) is 67.4 cm³/mol. The number of hydrogen-bond donors (Lipinski definition) is 0. The van der Waals surface area contributed by atoms with Crippen LogP contribution in [0, 0.1) is 0 Å². The molecule has 0 spiro atoms. The van der Waals surface area contributed by atoms with Gasteiger partial charge in [-0.05, 0) is 24.5 Å². The molecule has 0 bridgehead atoms. The zero-order chi connectivity index (χ0) is 12.8. The second kappa shape index (κ2) is 6.28. The summed E-state index contributed by atoms with van der Waals surface area (Å²) in [6, 6.07) is 5.95. The maximum absolute atomic E-state index is 11.5. The van der Waals surface area contributed by atoms with Crippen LogP contribution in [0.1, 0.15) is 37.8 Å². The molecule has 0 aliphatic heterocycles. The second-order valence-electron chi connectivity index (χ2n) is 4.21. The van der Waals surface area contributed by atoms with Crippen LogP contribution in [0.2, 0.25) is 0 Å². The molecule has 0 radical (unpaired) electrons. The van der Waals surface area contributed by atoms with Crippen molar-refractivity contribution in [2.75, 3.05) is 13.7 Å². The topological polar surface area (TPSA) is 35.5 Å². The molecule has 3 nitrogen and oxygen atoms in total. The molecule has 1 rings (SSSR count). The molecule has 94 valence electrons. The van der Waals surface area contributed by atoms with E-state index in [1.54, 1.807) is 14.0 Å². The molecule has 0 atom stereocenters. The van der Waals surface area contributed by atoms with Crippen LogP contribution in [0.5, 0.6) is 5.75 Å². The SMILES string of the molecule is CCOC(=O)Cc1cc(C(C)C)ccc1OC. The molecule has 0 aliphatic rings. The average Bonchev–Trinajstić information content (AvgIpc) is 2.29. The minimum atomic E-state index is -0.216. The van der Waals surface area contributed by atoms with Gasteiger partial charge in [-0.15, -0.1) is 0 Å². The summed E-state index contributed by atoms with van der Waals surface area (Å²) in [6.07, 6.45) is 0.261. The molecule has 0 saturated carbocycles. The van der Waals surface area contributed by atoms with E-state index >= 15 is 0 Å². The molecular formula is C14H20O3. The zero-order valence-corrected chi connectivity index (χ0v) is 10.9. The van der Waals surface area contributed by atoms with Gasteiger partial charge in [0.05, 0.1) is 20.1 Å². The molecular weight excluding hydrogens is 216 g/mol. The van der Waals surface area contributed by atoms with Gasteiger partial charge in [-0.25, -0.2) is 0 Å². The van der Waals surface area contributed by atoms with Crippen LogP contribution in [-0.4, -0.2) is 19.7 Å². The van der Waals surface area contributed by atoms with Gasteiger partial charge in [0.25, 0.3) is 0 Å². The maximum Gasteiger partial charge on any atom is 0.310 e. The van der Waals surface area contributed by atoms with Gasteiger partial charge in [-0.2, -0.15) is 0 Å². The Balaban J connectivity index is 2.93. The van der Waals surface area contributed by atoms with Gasteiger partial charge >= 0.3 is 5.97 Å². The van der Waals surface area contributed by atoms with Crippen molar-refractivity contribution in [1.82, 2.24) is 0 Å². The smallest absolute Gasteiger partial charge is 0.310 e. The summed E-state index contributed by atoms with van der Waals surface area (Å²) in [5.41, 5.74) is 2.09. The van der Waals surface area contributed by atoms with Crippen LogP contribution >= 0.6 is 0 Å². The molecule has 0 unspecified atom stereocenters. The third-order valence-electron chi connectivity index (χ3n) is 2.61. The maximum atomic E-state index is 11.5. The highest BCUT2D eigenvalue weighted by molar-refractivity contribution is 5.73. The Labute approximate surface area is 103 Å².